The van der Waals surface area contributed by atoms with Crippen LogP contribution in [0.3, 0.4) is 0 Å². The normalized spacial score (nSPS) is 30.8. The average Bonchev–Trinajstić information content (AvgIpc) is 2.14. The first-order chi connectivity index (χ1) is 6.22. The molecule has 1 aliphatic carbocycles. The molecule has 74 valence electrons. The molecule has 0 bridgehead atoms. The minimum absolute atomic E-state index is 0.109. The van der Waals surface area contributed by atoms with Crippen LogP contribution in [0, 0.1) is 17.2 Å². The maximum absolute atomic E-state index is 8.60. The number of nitrogens with two attached hydrogens (primary N) is 1. The maximum Gasteiger partial charge on any atom is 0.0666 e. The third-order valence-corrected chi connectivity index (χ3v) is 2.65. The van der Waals surface area contributed by atoms with Gasteiger partial charge >= 0.3 is 0 Å². The summed E-state index contributed by atoms with van der Waals surface area (Å²) >= 11 is 0. The third-order valence-electron chi connectivity index (χ3n) is 2.65. The van der Waals surface area contributed by atoms with Crippen molar-refractivity contribution in [3.05, 3.63) is 0 Å². The van der Waals surface area contributed by atoms with Gasteiger partial charge in [-0.1, -0.05) is 6.42 Å². The van der Waals surface area contributed by atoms with Gasteiger partial charge in [0.2, 0.25) is 0 Å². The summed E-state index contributed by atoms with van der Waals surface area (Å²) in [5.41, 5.74) is 5.86. The first-order valence-corrected chi connectivity index (χ1v) is 5.11. The van der Waals surface area contributed by atoms with Gasteiger partial charge in [-0.05, 0) is 26.2 Å². The largest absolute Gasteiger partial charge is 0.328 e. The van der Waals surface area contributed by atoms with Crippen LogP contribution < -0.4 is 11.1 Å². The van der Waals surface area contributed by atoms with E-state index in [1.54, 1.807) is 0 Å². The summed E-state index contributed by atoms with van der Waals surface area (Å²) in [7, 11) is 0. The van der Waals surface area contributed by atoms with Crippen molar-refractivity contribution in [1.82, 2.24) is 5.32 Å². The summed E-state index contributed by atoms with van der Waals surface area (Å²) in [5, 5.41) is 12.0. The Morgan fingerprint density at radius 1 is 1.62 bits per heavy atom. The van der Waals surface area contributed by atoms with E-state index in [0.717, 1.165) is 19.4 Å². The fraction of sp³-hybridized carbons (Fsp3) is 0.900. The van der Waals surface area contributed by atoms with Gasteiger partial charge < -0.3 is 11.1 Å². The molecule has 1 rings (SSSR count). The predicted molar refractivity (Wildman–Crippen MR) is 53.0 cm³/mol. The van der Waals surface area contributed by atoms with Gasteiger partial charge in [0, 0.05) is 18.6 Å². The van der Waals surface area contributed by atoms with E-state index >= 15 is 0 Å². The molecule has 3 nitrogen and oxygen atoms in total. The molecule has 1 saturated carbocycles. The van der Waals surface area contributed by atoms with Crippen molar-refractivity contribution < 1.29 is 0 Å². The van der Waals surface area contributed by atoms with Crippen LogP contribution in [-0.2, 0) is 0 Å². The molecule has 0 amide bonds. The summed E-state index contributed by atoms with van der Waals surface area (Å²) in [6, 6.07) is 3.13. The molecule has 0 aromatic carbocycles. The Kier molecular flexibility index (Phi) is 4.20. The number of nitriles is 1. The molecule has 13 heavy (non-hydrogen) atoms. The standard InChI is InChI=1S/C10H19N3/c1-8(6-11)7-13-10-4-2-3-9(12)5-10/h8-10,13H,2-5,7,12H2,1H3. The van der Waals surface area contributed by atoms with E-state index in [0.29, 0.717) is 12.1 Å². The minimum Gasteiger partial charge on any atom is -0.328 e. The molecule has 3 N–H and O–H groups in total. The summed E-state index contributed by atoms with van der Waals surface area (Å²) in [6.45, 7) is 2.74. The van der Waals surface area contributed by atoms with Crippen molar-refractivity contribution in [2.24, 2.45) is 11.7 Å². The molecule has 3 heteroatoms. The fourth-order valence-electron chi connectivity index (χ4n) is 1.80. The second kappa shape index (κ2) is 5.21. The Bertz CT molecular complexity index is 185. The zero-order chi connectivity index (χ0) is 9.68. The van der Waals surface area contributed by atoms with Crippen molar-refractivity contribution in [2.45, 2.75) is 44.7 Å². The van der Waals surface area contributed by atoms with Gasteiger partial charge in [0.15, 0.2) is 0 Å². The van der Waals surface area contributed by atoms with Gasteiger partial charge in [-0.2, -0.15) is 5.26 Å². The molecule has 0 aromatic rings. The van der Waals surface area contributed by atoms with Crippen molar-refractivity contribution in [3.63, 3.8) is 0 Å². The Labute approximate surface area is 80.3 Å². The Morgan fingerprint density at radius 3 is 3.00 bits per heavy atom. The summed E-state index contributed by atoms with van der Waals surface area (Å²) in [4.78, 5) is 0. The quantitative estimate of drug-likeness (QED) is 0.683. The van der Waals surface area contributed by atoms with E-state index in [1.165, 1.54) is 12.8 Å². The zero-order valence-corrected chi connectivity index (χ0v) is 8.29. The van der Waals surface area contributed by atoms with Crippen LogP contribution in [0.5, 0.6) is 0 Å². The smallest absolute Gasteiger partial charge is 0.0666 e. The highest BCUT2D eigenvalue weighted by Gasteiger charge is 2.18. The van der Waals surface area contributed by atoms with Crippen LogP contribution in [-0.4, -0.2) is 18.6 Å². The lowest BCUT2D eigenvalue weighted by molar-refractivity contribution is 0.333. The lowest BCUT2D eigenvalue weighted by atomic mass is 9.91. The second-order valence-corrected chi connectivity index (χ2v) is 4.06. The maximum atomic E-state index is 8.60. The van der Waals surface area contributed by atoms with Crippen LogP contribution in [0.25, 0.3) is 0 Å². The van der Waals surface area contributed by atoms with Gasteiger partial charge in [-0.3, -0.25) is 0 Å². The van der Waals surface area contributed by atoms with E-state index in [1.807, 2.05) is 6.92 Å². The van der Waals surface area contributed by atoms with Crippen molar-refractivity contribution in [1.29, 1.82) is 5.26 Å². The van der Waals surface area contributed by atoms with Crippen molar-refractivity contribution in [3.8, 4) is 6.07 Å². The zero-order valence-electron chi connectivity index (χ0n) is 8.29. The molecule has 0 aromatic heterocycles. The lowest BCUT2D eigenvalue weighted by Crippen LogP contribution is -2.40. The minimum atomic E-state index is 0.109. The number of hydrogen-bond donors (Lipinski definition) is 2. The third kappa shape index (κ3) is 3.75. The predicted octanol–water partition coefficient (Wildman–Crippen LogP) is 1.01. The van der Waals surface area contributed by atoms with Gasteiger partial charge in [0.25, 0.3) is 0 Å². The van der Waals surface area contributed by atoms with E-state index in [2.05, 4.69) is 11.4 Å². The highest BCUT2D eigenvalue weighted by Crippen LogP contribution is 2.16. The van der Waals surface area contributed by atoms with E-state index in [-0.39, 0.29) is 5.92 Å². The number of rotatable bonds is 3. The molecule has 0 radical (unpaired) electrons. The number of nitrogens with zero attached hydrogens (tertiary/aromatic N) is 1. The molecule has 1 fully saturated rings. The molecular formula is C10H19N3. The number of nitrogens with one attached hydrogen (secondary N) is 1. The Morgan fingerprint density at radius 2 is 2.38 bits per heavy atom. The van der Waals surface area contributed by atoms with Crippen LogP contribution in [0.2, 0.25) is 0 Å². The summed E-state index contributed by atoms with van der Waals surface area (Å²) in [6.07, 6.45) is 4.66. The number of hydrogen-bond acceptors (Lipinski definition) is 3. The molecular weight excluding hydrogens is 162 g/mol. The Balaban J connectivity index is 2.17. The molecule has 0 aliphatic heterocycles. The molecule has 3 atom stereocenters. The lowest BCUT2D eigenvalue weighted by Gasteiger charge is -2.27. The monoisotopic (exact) mass is 181 g/mol. The highest BCUT2D eigenvalue weighted by molar-refractivity contribution is 4.84. The van der Waals surface area contributed by atoms with Crippen LogP contribution in [0.1, 0.15) is 32.6 Å². The van der Waals surface area contributed by atoms with Crippen LogP contribution in [0.15, 0.2) is 0 Å². The topological polar surface area (TPSA) is 61.8 Å². The van der Waals surface area contributed by atoms with Crippen LogP contribution in [0.4, 0.5) is 0 Å². The van der Waals surface area contributed by atoms with Gasteiger partial charge in [0.1, 0.15) is 0 Å². The SMILES string of the molecule is CC(C#N)CNC1CCCC(N)C1. The van der Waals surface area contributed by atoms with E-state index < -0.39 is 0 Å². The Hall–Kier alpha value is -0.590. The first kappa shape index (κ1) is 10.5. The molecule has 0 spiro atoms. The highest BCUT2D eigenvalue weighted by atomic mass is 14.9. The van der Waals surface area contributed by atoms with E-state index in [4.69, 9.17) is 11.0 Å². The molecule has 0 saturated heterocycles. The van der Waals surface area contributed by atoms with Crippen molar-refractivity contribution in [2.75, 3.05) is 6.54 Å². The first-order valence-electron chi connectivity index (χ1n) is 5.11. The molecule has 0 heterocycles. The summed E-state index contributed by atoms with van der Waals surface area (Å²) in [5.74, 6) is 0.109. The van der Waals surface area contributed by atoms with Crippen LogP contribution >= 0.6 is 0 Å². The molecule has 1 aliphatic rings. The van der Waals surface area contributed by atoms with Crippen molar-refractivity contribution >= 4 is 0 Å². The molecule has 3 unspecified atom stereocenters. The van der Waals surface area contributed by atoms with E-state index in [9.17, 15) is 0 Å². The summed E-state index contributed by atoms with van der Waals surface area (Å²) < 4.78 is 0. The fourth-order valence-corrected chi connectivity index (χ4v) is 1.80. The second-order valence-electron chi connectivity index (χ2n) is 4.06. The average molecular weight is 181 g/mol. The van der Waals surface area contributed by atoms with Gasteiger partial charge in [-0.25, -0.2) is 0 Å². The van der Waals surface area contributed by atoms with Gasteiger partial charge in [-0.15, -0.1) is 0 Å². The van der Waals surface area contributed by atoms with Gasteiger partial charge in [0.05, 0.1) is 12.0 Å².